The van der Waals surface area contributed by atoms with E-state index in [1.165, 1.54) is 4.31 Å². The Morgan fingerprint density at radius 1 is 1.27 bits per heavy atom. The fourth-order valence-electron chi connectivity index (χ4n) is 3.28. The molecule has 142 valence electrons. The molecule has 1 fully saturated rings. The van der Waals surface area contributed by atoms with E-state index in [1.807, 2.05) is 19.9 Å². The molecular weight excluding hydrogens is 374 g/mol. The van der Waals surface area contributed by atoms with E-state index in [0.717, 1.165) is 5.56 Å². The van der Waals surface area contributed by atoms with Crippen molar-refractivity contribution in [2.45, 2.75) is 38.3 Å². The summed E-state index contributed by atoms with van der Waals surface area (Å²) in [5.74, 6) is -0.401. The van der Waals surface area contributed by atoms with Gasteiger partial charge in [0.25, 0.3) is 0 Å². The van der Waals surface area contributed by atoms with E-state index in [0.29, 0.717) is 17.7 Å². The van der Waals surface area contributed by atoms with Gasteiger partial charge in [-0.05, 0) is 32.4 Å². The number of hydrogen-bond acceptors (Lipinski definition) is 5. The third kappa shape index (κ3) is 3.56. The molecule has 7 nitrogen and oxygen atoms in total. The Bertz CT molecular complexity index is 1030. The minimum absolute atomic E-state index is 0.0556. The van der Waals surface area contributed by atoms with Gasteiger partial charge >= 0.3 is 0 Å². The van der Waals surface area contributed by atoms with Crippen molar-refractivity contribution in [2.24, 2.45) is 0 Å². The molecule has 3 rings (SSSR count). The van der Waals surface area contributed by atoms with Crippen molar-refractivity contribution in [1.29, 1.82) is 0 Å². The van der Waals surface area contributed by atoms with Crippen molar-refractivity contribution >= 4 is 19.9 Å². The van der Waals surface area contributed by atoms with Crippen molar-refractivity contribution < 1.29 is 16.8 Å². The summed E-state index contributed by atoms with van der Waals surface area (Å²) in [6.07, 6.45) is 3.27. The maximum Gasteiger partial charge on any atom is 0.243 e. The van der Waals surface area contributed by atoms with Gasteiger partial charge in [-0.3, -0.25) is 4.68 Å². The zero-order valence-electron chi connectivity index (χ0n) is 15.1. The number of sulfone groups is 1. The number of benzene rings is 1. The highest BCUT2D eigenvalue weighted by molar-refractivity contribution is 7.92. The molecule has 1 saturated heterocycles. The lowest BCUT2D eigenvalue weighted by Gasteiger charge is -2.34. The number of rotatable bonds is 4. The highest BCUT2D eigenvalue weighted by Gasteiger charge is 2.40. The van der Waals surface area contributed by atoms with Crippen LogP contribution >= 0.6 is 0 Å². The highest BCUT2D eigenvalue weighted by atomic mass is 32.2. The Hall–Kier alpha value is -1.71. The van der Waals surface area contributed by atoms with E-state index in [9.17, 15) is 16.8 Å². The summed E-state index contributed by atoms with van der Waals surface area (Å²) in [4.78, 5) is 0.218. The third-order valence-corrected chi connectivity index (χ3v) is 8.36. The normalized spacial score (nSPS) is 21.0. The third-order valence-electron chi connectivity index (χ3n) is 4.66. The number of sulfonamides is 1. The fourth-order valence-corrected chi connectivity index (χ4v) is 6.81. The molecule has 1 aliphatic heterocycles. The van der Waals surface area contributed by atoms with Gasteiger partial charge in [-0.25, -0.2) is 16.8 Å². The van der Waals surface area contributed by atoms with Crippen molar-refractivity contribution in [3.63, 3.8) is 0 Å². The van der Waals surface area contributed by atoms with Crippen LogP contribution in [-0.4, -0.2) is 49.0 Å². The van der Waals surface area contributed by atoms with E-state index < -0.39 is 25.9 Å². The van der Waals surface area contributed by atoms with Crippen LogP contribution in [0.1, 0.15) is 29.7 Å². The predicted molar refractivity (Wildman–Crippen MR) is 99.1 cm³/mol. The topological polar surface area (TPSA) is 89.3 Å². The first kappa shape index (κ1) is 19.1. The Morgan fingerprint density at radius 2 is 2.00 bits per heavy atom. The van der Waals surface area contributed by atoms with Crippen LogP contribution in [0.3, 0.4) is 0 Å². The minimum Gasteiger partial charge on any atom is -0.273 e. The van der Waals surface area contributed by atoms with Gasteiger partial charge in [0.2, 0.25) is 10.0 Å². The minimum atomic E-state index is -3.82. The Labute approximate surface area is 154 Å². The van der Waals surface area contributed by atoms with Crippen LogP contribution in [0.4, 0.5) is 0 Å². The average Bonchev–Trinajstić information content (AvgIpc) is 3.02. The second kappa shape index (κ2) is 6.79. The lowest BCUT2D eigenvalue weighted by atomic mass is 10.2. The lowest BCUT2D eigenvalue weighted by molar-refractivity contribution is 0.344. The van der Waals surface area contributed by atoms with Crippen molar-refractivity contribution in [2.75, 3.05) is 18.1 Å². The van der Waals surface area contributed by atoms with Gasteiger partial charge in [-0.1, -0.05) is 17.7 Å². The molecule has 0 radical (unpaired) electrons. The Balaban J connectivity index is 2.07. The zero-order chi connectivity index (χ0) is 19.1. The molecule has 0 N–H and O–H groups in total. The van der Waals surface area contributed by atoms with Crippen molar-refractivity contribution in [3.8, 4) is 0 Å². The molecule has 1 aromatic carbocycles. The van der Waals surface area contributed by atoms with Crippen LogP contribution in [-0.2, 0) is 26.4 Å². The molecule has 9 heteroatoms. The van der Waals surface area contributed by atoms with Crippen molar-refractivity contribution in [1.82, 2.24) is 14.1 Å². The Kier molecular flexibility index (Phi) is 4.98. The van der Waals surface area contributed by atoms with Gasteiger partial charge in [-0.2, -0.15) is 9.40 Å². The van der Waals surface area contributed by atoms with Gasteiger partial charge in [0.15, 0.2) is 9.84 Å². The molecule has 1 aromatic heterocycles. The van der Waals surface area contributed by atoms with Crippen LogP contribution in [0.25, 0.3) is 0 Å². The molecule has 1 unspecified atom stereocenters. The lowest BCUT2D eigenvalue weighted by Crippen LogP contribution is -2.46. The van der Waals surface area contributed by atoms with Gasteiger partial charge in [0.1, 0.15) is 0 Å². The summed E-state index contributed by atoms with van der Waals surface area (Å²) in [6, 6.07) is 4.40. The van der Waals surface area contributed by atoms with Gasteiger partial charge in [-0.15, -0.1) is 0 Å². The van der Waals surface area contributed by atoms with E-state index in [2.05, 4.69) is 5.10 Å². The molecule has 0 bridgehead atoms. The summed E-state index contributed by atoms with van der Waals surface area (Å²) >= 11 is 0. The number of hydrogen-bond donors (Lipinski definition) is 0. The first-order valence-corrected chi connectivity index (χ1v) is 11.7. The SMILES string of the molecule is CCn1cc(C2CS(=O)(=O)CCN2S(=O)(=O)c2ccc(C)cc2C)cn1. The quantitative estimate of drug-likeness (QED) is 0.783. The van der Waals surface area contributed by atoms with Gasteiger partial charge in [0, 0.05) is 24.8 Å². The molecule has 2 heterocycles. The maximum absolute atomic E-state index is 13.3. The summed E-state index contributed by atoms with van der Waals surface area (Å²) in [7, 11) is -7.14. The van der Waals surface area contributed by atoms with E-state index in [1.54, 1.807) is 36.1 Å². The van der Waals surface area contributed by atoms with E-state index in [-0.39, 0.29) is 22.9 Å². The smallest absolute Gasteiger partial charge is 0.243 e. The van der Waals surface area contributed by atoms with Crippen molar-refractivity contribution in [3.05, 3.63) is 47.3 Å². The van der Waals surface area contributed by atoms with Crippen LogP contribution in [0.15, 0.2) is 35.5 Å². The van der Waals surface area contributed by atoms with Crippen LogP contribution < -0.4 is 0 Å². The Morgan fingerprint density at radius 3 is 2.62 bits per heavy atom. The van der Waals surface area contributed by atoms with Gasteiger partial charge in [0.05, 0.1) is 28.6 Å². The van der Waals surface area contributed by atoms with E-state index >= 15 is 0 Å². The monoisotopic (exact) mass is 397 g/mol. The molecule has 26 heavy (non-hydrogen) atoms. The molecule has 0 saturated carbocycles. The number of aromatic nitrogens is 2. The predicted octanol–water partition coefficient (Wildman–Crippen LogP) is 1.68. The molecule has 0 spiro atoms. The average molecular weight is 398 g/mol. The number of nitrogens with zero attached hydrogens (tertiary/aromatic N) is 3. The molecule has 1 atom stereocenters. The van der Waals surface area contributed by atoms with E-state index in [4.69, 9.17) is 0 Å². The standard InChI is InChI=1S/C17H23N3O4S2/c1-4-19-11-15(10-18-19)16-12-25(21,22)8-7-20(16)26(23,24)17-6-5-13(2)9-14(17)3/h5-6,9-11,16H,4,7-8,12H2,1-3H3. The first-order chi connectivity index (χ1) is 12.1. The molecule has 2 aromatic rings. The summed E-state index contributed by atoms with van der Waals surface area (Å²) in [6.45, 7) is 6.14. The first-order valence-electron chi connectivity index (χ1n) is 8.46. The second-order valence-electron chi connectivity index (χ2n) is 6.64. The maximum atomic E-state index is 13.3. The van der Waals surface area contributed by atoms with Crippen LogP contribution in [0.2, 0.25) is 0 Å². The zero-order valence-corrected chi connectivity index (χ0v) is 16.7. The molecular formula is C17H23N3O4S2. The highest BCUT2D eigenvalue weighted by Crippen LogP contribution is 2.33. The molecule has 1 aliphatic rings. The molecule has 0 amide bonds. The summed E-state index contributed by atoms with van der Waals surface area (Å²) in [5.41, 5.74) is 2.23. The largest absolute Gasteiger partial charge is 0.273 e. The summed E-state index contributed by atoms with van der Waals surface area (Å²) in [5, 5.41) is 4.18. The fraction of sp³-hybridized carbons (Fsp3) is 0.471. The summed E-state index contributed by atoms with van der Waals surface area (Å²) < 4.78 is 53.9. The van der Waals surface area contributed by atoms with Crippen LogP contribution in [0, 0.1) is 13.8 Å². The number of aryl methyl sites for hydroxylation is 3. The molecule has 0 aliphatic carbocycles. The van der Waals surface area contributed by atoms with Gasteiger partial charge < -0.3 is 0 Å². The second-order valence-corrected chi connectivity index (χ2v) is 10.7. The van der Waals surface area contributed by atoms with Crippen LogP contribution in [0.5, 0.6) is 0 Å².